The molecule has 5 rings (SSSR count). The molecular weight excluding hydrogens is 382 g/mol. The first kappa shape index (κ1) is 19.3. The Morgan fingerprint density at radius 2 is 1.80 bits per heavy atom. The van der Waals surface area contributed by atoms with Gasteiger partial charge in [-0.25, -0.2) is 13.5 Å². The largest absolute Gasteiger partial charge is 0.281 e. The van der Waals surface area contributed by atoms with Crippen molar-refractivity contribution in [3.05, 3.63) is 87.3 Å². The number of aryl methyl sites for hydroxylation is 1. The fraction of sp³-hybridized carbons (Fsp3) is 0.400. The second-order valence-corrected chi connectivity index (χ2v) is 9.48. The summed E-state index contributed by atoms with van der Waals surface area (Å²) in [7, 11) is 0. The van der Waals surface area contributed by atoms with E-state index in [4.69, 9.17) is 0 Å². The molecule has 0 spiro atoms. The third-order valence-electron chi connectivity index (χ3n) is 7.87. The molecule has 1 saturated carbocycles. The predicted octanol–water partition coefficient (Wildman–Crippen LogP) is 5.33. The molecule has 1 aromatic heterocycles. The highest BCUT2D eigenvalue weighted by atomic mass is 19.1. The summed E-state index contributed by atoms with van der Waals surface area (Å²) < 4.78 is 31.8. The van der Waals surface area contributed by atoms with Gasteiger partial charge in [0.1, 0.15) is 11.5 Å². The molecule has 3 nitrogen and oxygen atoms in total. The van der Waals surface area contributed by atoms with Crippen LogP contribution in [0.2, 0.25) is 0 Å². The maximum absolute atomic E-state index is 14.8. The van der Waals surface area contributed by atoms with Crippen molar-refractivity contribution in [3.8, 4) is 5.69 Å². The normalized spacial score (nSPS) is 23.7. The predicted molar refractivity (Wildman–Crippen MR) is 113 cm³/mol. The molecule has 1 fully saturated rings. The van der Waals surface area contributed by atoms with E-state index < -0.39 is 11.6 Å². The first-order valence-electron chi connectivity index (χ1n) is 10.6. The number of hydrogen-bond acceptors (Lipinski definition) is 1. The van der Waals surface area contributed by atoms with Crippen molar-refractivity contribution >= 4 is 0 Å². The van der Waals surface area contributed by atoms with Crippen molar-refractivity contribution in [2.75, 3.05) is 0 Å². The summed E-state index contributed by atoms with van der Waals surface area (Å²) >= 11 is 0. The number of aromatic nitrogens is 2. The van der Waals surface area contributed by atoms with Crippen molar-refractivity contribution in [2.24, 2.45) is 5.41 Å². The summed E-state index contributed by atoms with van der Waals surface area (Å²) in [5.41, 5.74) is 2.80. The zero-order valence-corrected chi connectivity index (χ0v) is 17.6. The number of hydrogen-bond donors (Lipinski definition) is 0. The lowest BCUT2D eigenvalue weighted by atomic mass is 9.70. The Labute approximate surface area is 174 Å². The molecule has 2 bridgehead atoms. The molecule has 2 aliphatic carbocycles. The molecule has 2 aromatic carbocycles. The van der Waals surface area contributed by atoms with E-state index in [2.05, 4.69) is 32.9 Å². The zero-order valence-electron chi connectivity index (χ0n) is 17.6. The topological polar surface area (TPSA) is 26.9 Å². The Kier molecular flexibility index (Phi) is 4.12. The molecule has 3 aromatic rings. The van der Waals surface area contributed by atoms with Crippen LogP contribution in [-0.2, 0) is 18.4 Å². The van der Waals surface area contributed by atoms with E-state index in [-0.39, 0.29) is 28.0 Å². The summed E-state index contributed by atoms with van der Waals surface area (Å²) in [6, 6.07) is 13.5. The summed E-state index contributed by atoms with van der Waals surface area (Å²) in [4.78, 5) is 13.6. The molecule has 0 amide bonds. The second-order valence-electron chi connectivity index (χ2n) is 9.48. The van der Waals surface area contributed by atoms with E-state index in [1.165, 1.54) is 16.8 Å². The first-order valence-corrected chi connectivity index (χ1v) is 10.6. The van der Waals surface area contributed by atoms with E-state index in [0.29, 0.717) is 6.54 Å². The van der Waals surface area contributed by atoms with Gasteiger partial charge in [-0.15, -0.1) is 0 Å². The van der Waals surface area contributed by atoms with E-state index in [1.807, 2.05) is 22.9 Å². The first-order chi connectivity index (χ1) is 14.3. The molecule has 30 heavy (non-hydrogen) atoms. The van der Waals surface area contributed by atoms with Gasteiger partial charge in [-0.2, -0.15) is 0 Å². The summed E-state index contributed by atoms with van der Waals surface area (Å²) in [6.07, 6.45) is 2.71. The highest BCUT2D eigenvalue weighted by molar-refractivity contribution is 5.47. The minimum Gasteiger partial charge on any atom is -0.281 e. The fourth-order valence-electron chi connectivity index (χ4n) is 5.87. The standard InChI is InChI=1S/C25H26F2N2O/c1-24(2)18-11-13-25(24,3)22-21(18)23(30)29(20-10-9-17(26)15-19(20)27)28(22)14-12-16-7-5-4-6-8-16/h4-10,15,18H,11-14H2,1-3H3/t18-,25+/m1/s1. The van der Waals surface area contributed by atoms with E-state index in [1.54, 1.807) is 0 Å². The highest BCUT2D eigenvalue weighted by Gasteiger charge is 2.62. The number of fused-ring (bicyclic) bond motifs is 5. The SMILES string of the molecule is CC1(C)[C@@H]2CC[C@@]1(C)c1c2c(=O)n(-c2ccc(F)cc2F)n1CCc1ccccc1. The van der Waals surface area contributed by atoms with Gasteiger partial charge >= 0.3 is 0 Å². The second kappa shape index (κ2) is 6.40. The Balaban J connectivity index is 1.72. The maximum Gasteiger partial charge on any atom is 0.275 e. The Morgan fingerprint density at radius 3 is 2.50 bits per heavy atom. The number of nitrogens with zero attached hydrogens (tertiary/aromatic N) is 2. The fourth-order valence-corrected chi connectivity index (χ4v) is 5.87. The van der Waals surface area contributed by atoms with Crippen molar-refractivity contribution in [1.29, 1.82) is 0 Å². The Morgan fingerprint density at radius 1 is 1.07 bits per heavy atom. The van der Waals surface area contributed by atoms with Gasteiger partial charge in [0.05, 0.1) is 5.69 Å². The molecule has 0 unspecified atom stereocenters. The monoisotopic (exact) mass is 408 g/mol. The molecule has 0 saturated heterocycles. The van der Waals surface area contributed by atoms with Gasteiger partial charge < -0.3 is 0 Å². The zero-order chi connectivity index (χ0) is 21.3. The third-order valence-corrected chi connectivity index (χ3v) is 7.87. The summed E-state index contributed by atoms with van der Waals surface area (Å²) in [5, 5.41) is 0. The molecular formula is C25H26F2N2O. The molecule has 2 aliphatic rings. The van der Waals surface area contributed by atoms with Crippen molar-refractivity contribution in [1.82, 2.24) is 9.36 Å². The lowest BCUT2D eigenvalue weighted by molar-refractivity contribution is 0.215. The van der Waals surface area contributed by atoms with Crippen LogP contribution in [0.25, 0.3) is 5.69 Å². The average molecular weight is 408 g/mol. The van der Waals surface area contributed by atoms with Gasteiger partial charge in [0.2, 0.25) is 0 Å². The molecule has 0 aliphatic heterocycles. The van der Waals surface area contributed by atoms with Gasteiger partial charge in [0.25, 0.3) is 5.56 Å². The van der Waals surface area contributed by atoms with Gasteiger partial charge in [-0.05, 0) is 48.3 Å². The third kappa shape index (κ3) is 2.44. The van der Waals surface area contributed by atoms with Crippen LogP contribution >= 0.6 is 0 Å². The van der Waals surface area contributed by atoms with Gasteiger partial charge in [-0.3, -0.25) is 9.48 Å². The molecule has 0 N–H and O–H groups in total. The van der Waals surface area contributed by atoms with Crippen LogP contribution in [-0.4, -0.2) is 9.36 Å². The lowest BCUT2D eigenvalue weighted by Crippen LogP contribution is -2.36. The van der Waals surface area contributed by atoms with E-state index >= 15 is 0 Å². The summed E-state index contributed by atoms with van der Waals surface area (Å²) in [6.45, 7) is 7.29. The average Bonchev–Trinajstić information content (AvgIpc) is 3.19. The molecule has 2 atom stereocenters. The van der Waals surface area contributed by atoms with Gasteiger partial charge in [0, 0.05) is 23.6 Å². The molecule has 5 heteroatoms. The van der Waals surface area contributed by atoms with Gasteiger partial charge in [-0.1, -0.05) is 51.1 Å². The maximum atomic E-state index is 14.8. The molecule has 156 valence electrons. The minimum atomic E-state index is -0.717. The smallest absolute Gasteiger partial charge is 0.275 e. The van der Waals surface area contributed by atoms with Crippen LogP contribution in [0.3, 0.4) is 0 Å². The molecule has 0 radical (unpaired) electrons. The number of benzene rings is 2. The van der Waals surface area contributed by atoms with Crippen molar-refractivity contribution < 1.29 is 8.78 Å². The minimum absolute atomic E-state index is 0.0221. The number of rotatable bonds is 4. The van der Waals surface area contributed by atoms with E-state index in [0.717, 1.165) is 42.1 Å². The summed E-state index contributed by atoms with van der Waals surface area (Å²) in [5.74, 6) is -1.20. The highest BCUT2D eigenvalue weighted by Crippen LogP contribution is 2.67. The van der Waals surface area contributed by atoms with Crippen LogP contribution in [0.4, 0.5) is 8.78 Å². The van der Waals surface area contributed by atoms with Crippen molar-refractivity contribution in [2.45, 2.75) is 57.9 Å². The lowest BCUT2D eigenvalue weighted by Gasteiger charge is -2.36. The number of halogens is 2. The molecule has 1 heterocycles. The van der Waals surface area contributed by atoms with E-state index in [9.17, 15) is 13.6 Å². The van der Waals surface area contributed by atoms with Crippen LogP contribution < -0.4 is 5.56 Å². The van der Waals surface area contributed by atoms with Crippen LogP contribution in [0.5, 0.6) is 0 Å². The van der Waals surface area contributed by atoms with Gasteiger partial charge in [0.15, 0.2) is 5.82 Å². The van der Waals surface area contributed by atoms with Crippen molar-refractivity contribution in [3.63, 3.8) is 0 Å². The Hall–Kier alpha value is -2.69. The van der Waals surface area contributed by atoms with Crippen LogP contribution in [0, 0.1) is 17.0 Å². The van der Waals surface area contributed by atoms with Crippen LogP contribution in [0.1, 0.15) is 56.4 Å². The Bertz CT molecular complexity index is 1190. The van der Waals surface area contributed by atoms with Crippen LogP contribution in [0.15, 0.2) is 53.3 Å². The quantitative estimate of drug-likeness (QED) is 0.573.